The fourth-order valence-electron chi connectivity index (χ4n) is 2.68. The topological polar surface area (TPSA) is 32.3 Å². The summed E-state index contributed by atoms with van der Waals surface area (Å²) < 4.78 is 0.239. The van der Waals surface area contributed by atoms with Gasteiger partial charge in [-0.05, 0) is 45.7 Å². The first-order chi connectivity index (χ1) is 8.07. The molecule has 0 radical (unpaired) electrons. The number of amides is 1. The van der Waals surface area contributed by atoms with Crippen molar-refractivity contribution in [2.75, 3.05) is 31.9 Å². The molecule has 0 saturated carbocycles. The molecule has 1 N–H and O–H groups in total. The molecule has 2 aliphatic rings. The average Bonchev–Trinajstić information content (AvgIpc) is 2.77. The summed E-state index contributed by atoms with van der Waals surface area (Å²) in [5, 5.41) is 3.36. The van der Waals surface area contributed by atoms with Gasteiger partial charge >= 0.3 is 0 Å². The molecule has 1 atom stereocenters. The molecule has 0 aromatic rings. The Morgan fingerprint density at radius 3 is 3.00 bits per heavy atom. The normalized spacial score (nSPS) is 28.4. The van der Waals surface area contributed by atoms with E-state index in [1.165, 1.54) is 6.42 Å². The molecular formula is C13H24N2OS. The van der Waals surface area contributed by atoms with Crippen molar-refractivity contribution in [1.29, 1.82) is 0 Å². The van der Waals surface area contributed by atoms with Crippen LogP contribution in [0.25, 0.3) is 0 Å². The van der Waals surface area contributed by atoms with Crippen LogP contribution in [0.4, 0.5) is 0 Å². The Hall–Kier alpha value is -0.220. The molecule has 2 fully saturated rings. The van der Waals surface area contributed by atoms with E-state index in [2.05, 4.69) is 24.1 Å². The van der Waals surface area contributed by atoms with Crippen LogP contribution in [0.3, 0.4) is 0 Å². The molecule has 0 aliphatic carbocycles. The van der Waals surface area contributed by atoms with Crippen molar-refractivity contribution in [1.82, 2.24) is 10.2 Å². The molecule has 2 aliphatic heterocycles. The lowest BCUT2D eigenvalue weighted by Crippen LogP contribution is -2.46. The summed E-state index contributed by atoms with van der Waals surface area (Å²) >= 11 is 1.98. The summed E-state index contributed by atoms with van der Waals surface area (Å²) in [4.78, 5) is 14.2. The van der Waals surface area contributed by atoms with E-state index in [4.69, 9.17) is 0 Å². The Balaban J connectivity index is 1.75. The molecule has 2 heterocycles. The fourth-order valence-corrected chi connectivity index (χ4v) is 3.79. The van der Waals surface area contributed by atoms with Crippen molar-refractivity contribution in [2.45, 2.75) is 37.9 Å². The van der Waals surface area contributed by atoms with Crippen LogP contribution in [0.2, 0.25) is 0 Å². The zero-order chi connectivity index (χ0) is 12.3. The Morgan fingerprint density at radius 1 is 1.53 bits per heavy atom. The van der Waals surface area contributed by atoms with Gasteiger partial charge in [0.15, 0.2) is 0 Å². The van der Waals surface area contributed by atoms with E-state index < -0.39 is 0 Å². The number of hydrogen-bond acceptors (Lipinski definition) is 3. The Bertz CT molecular complexity index is 275. The number of carbonyl (C=O) groups excluding carboxylic acids is 1. The maximum Gasteiger partial charge on any atom is 0.222 e. The second kappa shape index (κ2) is 5.61. The first-order valence-electron chi connectivity index (χ1n) is 6.69. The van der Waals surface area contributed by atoms with Gasteiger partial charge in [-0.3, -0.25) is 4.79 Å². The maximum atomic E-state index is 12.1. The van der Waals surface area contributed by atoms with Gasteiger partial charge in [0, 0.05) is 30.0 Å². The quantitative estimate of drug-likeness (QED) is 0.834. The first-order valence-corrected chi connectivity index (χ1v) is 7.68. The van der Waals surface area contributed by atoms with Crippen molar-refractivity contribution in [2.24, 2.45) is 5.92 Å². The second-order valence-electron chi connectivity index (χ2n) is 5.82. The summed E-state index contributed by atoms with van der Waals surface area (Å²) in [6, 6.07) is 0. The van der Waals surface area contributed by atoms with Crippen LogP contribution in [-0.2, 0) is 4.79 Å². The highest BCUT2D eigenvalue weighted by atomic mass is 32.2. The molecule has 0 aromatic carbocycles. The minimum Gasteiger partial charge on any atom is -0.341 e. The van der Waals surface area contributed by atoms with Crippen LogP contribution in [0.15, 0.2) is 0 Å². The van der Waals surface area contributed by atoms with Crippen LogP contribution >= 0.6 is 11.8 Å². The molecule has 1 unspecified atom stereocenters. The van der Waals surface area contributed by atoms with E-state index in [-0.39, 0.29) is 4.75 Å². The van der Waals surface area contributed by atoms with Crippen molar-refractivity contribution in [3.05, 3.63) is 0 Å². The lowest BCUT2D eigenvalue weighted by atomic mass is 10.0. The zero-order valence-corrected chi connectivity index (χ0v) is 11.8. The van der Waals surface area contributed by atoms with Crippen LogP contribution in [-0.4, -0.2) is 47.5 Å². The molecule has 3 nitrogen and oxygen atoms in total. The van der Waals surface area contributed by atoms with E-state index in [0.29, 0.717) is 5.91 Å². The Morgan fingerprint density at radius 2 is 2.35 bits per heavy atom. The first kappa shape index (κ1) is 13.2. The zero-order valence-electron chi connectivity index (χ0n) is 11.0. The lowest BCUT2D eigenvalue weighted by molar-refractivity contribution is -0.131. The van der Waals surface area contributed by atoms with Gasteiger partial charge in [0.05, 0.1) is 0 Å². The standard InChI is InChI=1S/C13H24N2OS/c1-13(2)10-15(7-8-17-13)12(16)4-3-11-5-6-14-9-11/h11,14H,3-10H2,1-2H3. The van der Waals surface area contributed by atoms with E-state index in [0.717, 1.165) is 50.7 Å². The van der Waals surface area contributed by atoms with E-state index in [1.54, 1.807) is 0 Å². The minimum atomic E-state index is 0.239. The highest BCUT2D eigenvalue weighted by molar-refractivity contribution is 8.00. The van der Waals surface area contributed by atoms with Gasteiger partial charge in [-0.15, -0.1) is 0 Å². The molecule has 4 heteroatoms. The van der Waals surface area contributed by atoms with Gasteiger partial charge in [0.25, 0.3) is 0 Å². The van der Waals surface area contributed by atoms with Crippen molar-refractivity contribution in [3.8, 4) is 0 Å². The number of nitrogens with zero attached hydrogens (tertiary/aromatic N) is 1. The van der Waals surface area contributed by atoms with Crippen LogP contribution in [0, 0.1) is 5.92 Å². The molecule has 2 saturated heterocycles. The summed E-state index contributed by atoms with van der Waals surface area (Å²) in [5.74, 6) is 2.18. The van der Waals surface area contributed by atoms with E-state index in [9.17, 15) is 4.79 Å². The Kier molecular flexibility index (Phi) is 4.36. The predicted molar refractivity (Wildman–Crippen MR) is 73.3 cm³/mol. The molecular weight excluding hydrogens is 232 g/mol. The fraction of sp³-hybridized carbons (Fsp3) is 0.923. The number of nitrogens with one attached hydrogen (secondary N) is 1. The highest BCUT2D eigenvalue weighted by Gasteiger charge is 2.29. The third kappa shape index (κ3) is 3.88. The van der Waals surface area contributed by atoms with Crippen LogP contribution in [0.1, 0.15) is 33.1 Å². The van der Waals surface area contributed by atoms with Crippen molar-refractivity contribution >= 4 is 17.7 Å². The van der Waals surface area contributed by atoms with Gasteiger partial charge in [0.1, 0.15) is 0 Å². The van der Waals surface area contributed by atoms with E-state index in [1.807, 2.05) is 11.8 Å². The third-order valence-electron chi connectivity index (χ3n) is 3.71. The third-order valence-corrected chi connectivity index (χ3v) is 5.00. The minimum absolute atomic E-state index is 0.239. The molecule has 0 aromatic heterocycles. The van der Waals surface area contributed by atoms with Gasteiger partial charge in [-0.2, -0.15) is 11.8 Å². The summed E-state index contributed by atoms with van der Waals surface area (Å²) in [7, 11) is 0. The van der Waals surface area contributed by atoms with Crippen molar-refractivity contribution in [3.63, 3.8) is 0 Å². The summed E-state index contributed by atoms with van der Waals surface area (Å²) in [6.45, 7) is 8.56. The molecule has 17 heavy (non-hydrogen) atoms. The molecule has 98 valence electrons. The Labute approximate surface area is 109 Å². The summed E-state index contributed by atoms with van der Waals surface area (Å²) in [6.07, 6.45) is 3.05. The van der Waals surface area contributed by atoms with E-state index >= 15 is 0 Å². The monoisotopic (exact) mass is 256 g/mol. The number of hydrogen-bond donors (Lipinski definition) is 1. The van der Waals surface area contributed by atoms with Crippen LogP contribution < -0.4 is 5.32 Å². The number of thioether (sulfide) groups is 1. The predicted octanol–water partition coefficient (Wildman–Crippen LogP) is 1.73. The second-order valence-corrected chi connectivity index (χ2v) is 7.62. The molecule has 0 bridgehead atoms. The highest BCUT2D eigenvalue weighted by Crippen LogP contribution is 2.30. The largest absolute Gasteiger partial charge is 0.341 e. The average molecular weight is 256 g/mol. The van der Waals surface area contributed by atoms with Gasteiger partial charge < -0.3 is 10.2 Å². The maximum absolute atomic E-state index is 12.1. The van der Waals surface area contributed by atoms with Gasteiger partial charge in [-0.25, -0.2) is 0 Å². The molecule has 1 amide bonds. The molecule has 2 rings (SSSR count). The number of carbonyl (C=O) groups is 1. The smallest absolute Gasteiger partial charge is 0.222 e. The lowest BCUT2D eigenvalue weighted by Gasteiger charge is -2.37. The SMILES string of the molecule is CC1(C)CN(C(=O)CCC2CCNC2)CCS1. The van der Waals surface area contributed by atoms with Crippen molar-refractivity contribution < 1.29 is 4.79 Å². The van der Waals surface area contributed by atoms with Gasteiger partial charge in [-0.1, -0.05) is 0 Å². The molecule has 0 spiro atoms. The number of rotatable bonds is 3. The summed E-state index contributed by atoms with van der Waals surface area (Å²) in [5.41, 5.74) is 0. The van der Waals surface area contributed by atoms with Crippen LogP contribution in [0.5, 0.6) is 0 Å². The van der Waals surface area contributed by atoms with Gasteiger partial charge in [0.2, 0.25) is 5.91 Å².